The Balaban J connectivity index is 2.02. The number of halogens is 1. The maximum absolute atomic E-state index is 13.1. The molecule has 0 spiro atoms. The van der Waals surface area contributed by atoms with Crippen molar-refractivity contribution in [3.8, 4) is 5.88 Å². The molecule has 0 aliphatic heterocycles. The SMILES string of the molecule is Nc1ccc(COc2ncccc2F)cc1. The van der Waals surface area contributed by atoms with Crippen molar-refractivity contribution in [2.24, 2.45) is 0 Å². The van der Waals surface area contributed by atoms with Crippen LogP contribution in [0.3, 0.4) is 0 Å². The van der Waals surface area contributed by atoms with E-state index >= 15 is 0 Å². The third-order valence-corrected chi connectivity index (χ3v) is 2.08. The fraction of sp³-hybridized carbons (Fsp3) is 0.0833. The molecule has 0 atom stereocenters. The summed E-state index contributed by atoms with van der Waals surface area (Å²) in [5.74, 6) is -0.447. The van der Waals surface area contributed by atoms with Crippen LogP contribution in [0.4, 0.5) is 10.1 Å². The summed E-state index contributed by atoms with van der Waals surface area (Å²) in [5, 5.41) is 0. The van der Waals surface area contributed by atoms with Crippen LogP contribution in [0, 0.1) is 5.82 Å². The molecular weight excluding hydrogens is 207 g/mol. The number of ether oxygens (including phenoxy) is 1. The molecule has 0 aliphatic rings. The Morgan fingerprint density at radius 3 is 2.62 bits per heavy atom. The van der Waals surface area contributed by atoms with Crippen molar-refractivity contribution in [2.75, 3.05) is 5.73 Å². The number of hydrogen-bond donors (Lipinski definition) is 1. The van der Waals surface area contributed by atoms with E-state index in [1.165, 1.54) is 18.3 Å². The molecule has 2 N–H and O–H groups in total. The summed E-state index contributed by atoms with van der Waals surface area (Å²) >= 11 is 0. The van der Waals surface area contributed by atoms with Crippen LogP contribution >= 0.6 is 0 Å². The summed E-state index contributed by atoms with van der Waals surface area (Å²) in [6.07, 6.45) is 1.49. The quantitative estimate of drug-likeness (QED) is 0.804. The lowest BCUT2D eigenvalue weighted by molar-refractivity contribution is 0.277. The average Bonchev–Trinajstić information content (AvgIpc) is 2.30. The highest BCUT2D eigenvalue weighted by Crippen LogP contribution is 2.14. The van der Waals surface area contributed by atoms with Crippen LogP contribution in [0.25, 0.3) is 0 Å². The lowest BCUT2D eigenvalue weighted by atomic mass is 10.2. The monoisotopic (exact) mass is 218 g/mol. The third-order valence-electron chi connectivity index (χ3n) is 2.08. The molecule has 2 rings (SSSR count). The highest BCUT2D eigenvalue weighted by molar-refractivity contribution is 5.39. The number of benzene rings is 1. The van der Waals surface area contributed by atoms with Crippen LogP contribution in [0.15, 0.2) is 42.6 Å². The van der Waals surface area contributed by atoms with Crippen LogP contribution in [-0.4, -0.2) is 4.98 Å². The number of aromatic nitrogens is 1. The summed E-state index contributed by atoms with van der Waals surface area (Å²) in [6.45, 7) is 0.272. The molecule has 3 nitrogen and oxygen atoms in total. The molecule has 0 bridgehead atoms. The number of nitrogen functional groups attached to an aromatic ring is 1. The molecule has 2 aromatic rings. The summed E-state index contributed by atoms with van der Waals surface area (Å²) in [5.41, 5.74) is 7.15. The summed E-state index contributed by atoms with van der Waals surface area (Å²) in [7, 11) is 0. The van der Waals surface area contributed by atoms with Crippen LogP contribution in [0.5, 0.6) is 5.88 Å². The molecule has 0 unspecified atom stereocenters. The van der Waals surface area contributed by atoms with Crippen molar-refractivity contribution in [2.45, 2.75) is 6.61 Å². The molecule has 0 amide bonds. The second kappa shape index (κ2) is 4.61. The van der Waals surface area contributed by atoms with Gasteiger partial charge in [0.25, 0.3) is 5.88 Å². The summed E-state index contributed by atoms with van der Waals surface area (Å²) in [4.78, 5) is 3.79. The van der Waals surface area contributed by atoms with E-state index in [0.717, 1.165) is 5.56 Å². The van der Waals surface area contributed by atoms with E-state index in [0.29, 0.717) is 5.69 Å². The lowest BCUT2D eigenvalue weighted by Crippen LogP contribution is -1.99. The largest absolute Gasteiger partial charge is 0.471 e. The number of nitrogens with two attached hydrogens (primary N) is 1. The highest BCUT2D eigenvalue weighted by Gasteiger charge is 2.03. The molecular formula is C12H11FN2O. The van der Waals surface area contributed by atoms with Gasteiger partial charge in [0, 0.05) is 11.9 Å². The fourth-order valence-corrected chi connectivity index (χ4v) is 1.24. The molecule has 82 valence electrons. The zero-order valence-electron chi connectivity index (χ0n) is 8.56. The van der Waals surface area contributed by atoms with Gasteiger partial charge in [0.2, 0.25) is 0 Å². The van der Waals surface area contributed by atoms with E-state index in [1.807, 2.05) is 12.1 Å². The highest BCUT2D eigenvalue weighted by atomic mass is 19.1. The first kappa shape index (κ1) is 10.4. The molecule has 0 saturated heterocycles. The van der Waals surface area contributed by atoms with E-state index in [9.17, 15) is 4.39 Å². The third kappa shape index (κ3) is 2.48. The van der Waals surface area contributed by atoms with Gasteiger partial charge in [-0.1, -0.05) is 12.1 Å². The second-order valence-corrected chi connectivity index (χ2v) is 3.32. The lowest BCUT2D eigenvalue weighted by Gasteiger charge is -2.05. The van der Waals surface area contributed by atoms with E-state index in [1.54, 1.807) is 12.1 Å². The number of anilines is 1. The van der Waals surface area contributed by atoms with Gasteiger partial charge < -0.3 is 10.5 Å². The minimum Gasteiger partial charge on any atom is -0.471 e. The number of hydrogen-bond acceptors (Lipinski definition) is 3. The maximum atomic E-state index is 13.1. The first-order chi connectivity index (χ1) is 7.75. The van der Waals surface area contributed by atoms with Crippen molar-refractivity contribution < 1.29 is 9.13 Å². The van der Waals surface area contributed by atoms with E-state index in [-0.39, 0.29) is 12.5 Å². The Kier molecular flexibility index (Phi) is 3.00. The average molecular weight is 218 g/mol. The Bertz CT molecular complexity index is 471. The van der Waals surface area contributed by atoms with E-state index < -0.39 is 5.82 Å². The smallest absolute Gasteiger partial charge is 0.250 e. The van der Waals surface area contributed by atoms with Gasteiger partial charge in [-0.2, -0.15) is 0 Å². The van der Waals surface area contributed by atoms with Gasteiger partial charge in [0.1, 0.15) is 6.61 Å². The zero-order valence-corrected chi connectivity index (χ0v) is 8.56. The predicted molar refractivity (Wildman–Crippen MR) is 59.4 cm³/mol. The summed E-state index contributed by atoms with van der Waals surface area (Å²) in [6, 6.07) is 10.0. The van der Waals surface area contributed by atoms with Gasteiger partial charge in [-0.25, -0.2) is 9.37 Å². The van der Waals surface area contributed by atoms with Crippen LogP contribution in [0.2, 0.25) is 0 Å². The second-order valence-electron chi connectivity index (χ2n) is 3.32. The molecule has 0 fully saturated rings. The topological polar surface area (TPSA) is 48.1 Å². The fourth-order valence-electron chi connectivity index (χ4n) is 1.24. The van der Waals surface area contributed by atoms with E-state index in [2.05, 4.69) is 4.98 Å². The molecule has 1 heterocycles. The van der Waals surface area contributed by atoms with Gasteiger partial charge in [-0.05, 0) is 29.8 Å². The van der Waals surface area contributed by atoms with Crippen molar-refractivity contribution >= 4 is 5.69 Å². The molecule has 0 saturated carbocycles. The zero-order chi connectivity index (χ0) is 11.4. The van der Waals surface area contributed by atoms with Gasteiger partial charge >= 0.3 is 0 Å². The standard InChI is InChI=1S/C12H11FN2O/c13-11-2-1-7-15-12(11)16-8-9-3-5-10(14)6-4-9/h1-7H,8,14H2. The van der Waals surface area contributed by atoms with Gasteiger partial charge in [0.05, 0.1) is 0 Å². The Hall–Kier alpha value is -2.10. The molecule has 4 heteroatoms. The van der Waals surface area contributed by atoms with Crippen LogP contribution in [-0.2, 0) is 6.61 Å². The van der Waals surface area contributed by atoms with Crippen molar-refractivity contribution in [3.63, 3.8) is 0 Å². The summed E-state index contributed by atoms with van der Waals surface area (Å²) < 4.78 is 18.4. The Labute approximate surface area is 92.7 Å². The predicted octanol–water partition coefficient (Wildman–Crippen LogP) is 2.38. The molecule has 16 heavy (non-hydrogen) atoms. The molecule has 1 aromatic heterocycles. The first-order valence-corrected chi connectivity index (χ1v) is 4.83. The molecule has 1 aromatic carbocycles. The minimum absolute atomic E-state index is 0.0133. The van der Waals surface area contributed by atoms with Gasteiger partial charge in [0.15, 0.2) is 5.82 Å². The van der Waals surface area contributed by atoms with E-state index in [4.69, 9.17) is 10.5 Å². The maximum Gasteiger partial charge on any atom is 0.250 e. The number of pyridine rings is 1. The van der Waals surface area contributed by atoms with Gasteiger partial charge in [-0.15, -0.1) is 0 Å². The normalized spacial score (nSPS) is 10.1. The van der Waals surface area contributed by atoms with Gasteiger partial charge in [-0.3, -0.25) is 0 Å². The van der Waals surface area contributed by atoms with Crippen LogP contribution < -0.4 is 10.5 Å². The van der Waals surface area contributed by atoms with Crippen LogP contribution in [0.1, 0.15) is 5.56 Å². The molecule has 0 radical (unpaired) electrons. The number of rotatable bonds is 3. The van der Waals surface area contributed by atoms with Crippen molar-refractivity contribution in [1.82, 2.24) is 4.98 Å². The van der Waals surface area contributed by atoms with Crippen molar-refractivity contribution in [3.05, 3.63) is 54.0 Å². The molecule has 0 aliphatic carbocycles. The first-order valence-electron chi connectivity index (χ1n) is 4.83. The minimum atomic E-state index is -0.460. The number of nitrogens with zero attached hydrogens (tertiary/aromatic N) is 1. The van der Waals surface area contributed by atoms with Crippen molar-refractivity contribution in [1.29, 1.82) is 0 Å². The Morgan fingerprint density at radius 1 is 1.19 bits per heavy atom. The Morgan fingerprint density at radius 2 is 1.94 bits per heavy atom.